The maximum Gasteiger partial charge on any atom is 0.269 e. The summed E-state index contributed by atoms with van der Waals surface area (Å²) in [7, 11) is 0. The number of benzene rings is 2. The van der Waals surface area contributed by atoms with Gasteiger partial charge in [0.1, 0.15) is 6.61 Å². The highest BCUT2D eigenvalue weighted by Crippen LogP contribution is 2.31. The van der Waals surface area contributed by atoms with Crippen molar-refractivity contribution in [2.45, 2.75) is 13.0 Å². The molecule has 0 saturated heterocycles. The zero-order chi connectivity index (χ0) is 21.1. The van der Waals surface area contributed by atoms with Gasteiger partial charge in [-0.05, 0) is 31.2 Å². The second-order valence-electron chi connectivity index (χ2n) is 6.79. The Balaban J connectivity index is 1.45. The van der Waals surface area contributed by atoms with Crippen molar-refractivity contribution in [3.63, 3.8) is 0 Å². The number of likely N-dealkylation sites (N-methyl/N-ethyl adjacent to an activating group) is 1. The van der Waals surface area contributed by atoms with Crippen molar-refractivity contribution in [3.8, 4) is 17.2 Å². The van der Waals surface area contributed by atoms with Gasteiger partial charge >= 0.3 is 0 Å². The average molecular weight is 408 g/mol. The number of fused-ring (bicyclic) bond motifs is 1. The van der Waals surface area contributed by atoms with Gasteiger partial charge in [0.05, 0.1) is 28.9 Å². The quantitative estimate of drug-likeness (QED) is 0.459. The lowest BCUT2D eigenvalue weighted by Crippen LogP contribution is -2.43. The predicted octanol–water partition coefficient (Wildman–Crippen LogP) is 3.08. The number of para-hydroxylation sites is 2. The molecule has 1 aliphatic rings. The molecule has 0 saturated carbocycles. The molecule has 0 spiro atoms. The zero-order valence-electron chi connectivity index (χ0n) is 16.3. The van der Waals surface area contributed by atoms with Crippen LogP contribution in [0.2, 0.25) is 0 Å². The Hall–Kier alpha value is -3.88. The van der Waals surface area contributed by atoms with Crippen molar-refractivity contribution in [1.82, 2.24) is 14.7 Å². The Morgan fingerprint density at radius 2 is 1.97 bits per heavy atom. The van der Waals surface area contributed by atoms with Crippen LogP contribution in [0.5, 0.6) is 11.5 Å². The van der Waals surface area contributed by atoms with Crippen LogP contribution in [0.15, 0.2) is 60.9 Å². The molecule has 0 radical (unpaired) electrons. The molecule has 0 aliphatic carbocycles. The lowest BCUT2D eigenvalue weighted by molar-refractivity contribution is -0.384. The molecule has 154 valence electrons. The summed E-state index contributed by atoms with van der Waals surface area (Å²) in [6.07, 6.45) is 2.83. The molecule has 1 unspecified atom stereocenters. The van der Waals surface area contributed by atoms with Crippen molar-refractivity contribution in [2.75, 3.05) is 19.7 Å². The summed E-state index contributed by atoms with van der Waals surface area (Å²) in [5.74, 6) is 1.20. The van der Waals surface area contributed by atoms with Gasteiger partial charge in [-0.15, -0.1) is 0 Å². The Kier molecular flexibility index (Phi) is 5.34. The van der Waals surface area contributed by atoms with E-state index in [9.17, 15) is 14.9 Å². The minimum Gasteiger partial charge on any atom is -0.486 e. The van der Waals surface area contributed by atoms with E-state index in [1.165, 1.54) is 23.0 Å². The van der Waals surface area contributed by atoms with Crippen molar-refractivity contribution in [1.29, 1.82) is 0 Å². The van der Waals surface area contributed by atoms with E-state index in [0.29, 0.717) is 42.4 Å². The second-order valence-corrected chi connectivity index (χ2v) is 6.79. The number of non-ortho nitro benzene ring substituents is 1. The third kappa shape index (κ3) is 3.95. The van der Waals surface area contributed by atoms with E-state index in [2.05, 4.69) is 5.10 Å². The fourth-order valence-electron chi connectivity index (χ4n) is 3.24. The first-order valence-corrected chi connectivity index (χ1v) is 9.52. The molecule has 1 amide bonds. The Morgan fingerprint density at radius 1 is 1.23 bits per heavy atom. The van der Waals surface area contributed by atoms with Gasteiger partial charge < -0.3 is 14.4 Å². The molecule has 2 heterocycles. The zero-order valence-corrected chi connectivity index (χ0v) is 16.3. The number of hydrogen-bond donors (Lipinski definition) is 0. The molecule has 30 heavy (non-hydrogen) atoms. The summed E-state index contributed by atoms with van der Waals surface area (Å²) in [6, 6.07) is 13.4. The molecule has 1 atom stereocenters. The summed E-state index contributed by atoms with van der Waals surface area (Å²) in [5.41, 5.74) is 1.05. The van der Waals surface area contributed by atoms with Gasteiger partial charge in [-0.3, -0.25) is 14.9 Å². The van der Waals surface area contributed by atoms with Gasteiger partial charge in [0.15, 0.2) is 17.6 Å². The largest absolute Gasteiger partial charge is 0.486 e. The van der Waals surface area contributed by atoms with Gasteiger partial charge in [0.2, 0.25) is 0 Å². The summed E-state index contributed by atoms with van der Waals surface area (Å²) < 4.78 is 13.2. The first kappa shape index (κ1) is 19.4. The number of nitro benzene ring substituents is 1. The molecule has 3 aromatic rings. The summed E-state index contributed by atoms with van der Waals surface area (Å²) in [6.45, 7) is 3.15. The van der Waals surface area contributed by atoms with Gasteiger partial charge in [-0.25, -0.2) is 4.68 Å². The molecule has 1 aliphatic heterocycles. The molecule has 0 N–H and O–H groups in total. The fourth-order valence-corrected chi connectivity index (χ4v) is 3.24. The lowest BCUT2D eigenvalue weighted by Gasteiger charge is -2.30. The summed E-state index contributed by atoms with van der Waals surface area (Å²) in [5, 5.41) is 15.0. The number of rotatable bonds is 6. The van der Waals surface area contributed by atoms with Gasteiger partial charge in [0.25, 0.3) is 11.6 Å². The Bertz CT molecular complexity index is 1060. The minimum atomic E-state index is -0.462. The van der Waals surface area contributed by atoms with Gasteiger partial charge in [0, 0.05) is 24.9 Å². The van der Waals surface area contributed by atoms with Crippen molar-refractivity contribution in [3.05, 3.63) is 76.6 Å². The first-order chi connectivity index (χ1) is 14.5. The van der Waals surface area contributed by atoms with E-state index in [4.69, 9.17) is 9.47 Å². The van der Waals surface area contributed by atoms with Crippen molar-refractivity contribution >= 4 is 11.6 Å². The third-order valence-electron chi connectivity index (χ3n) is 4.82. The molecule has 4 rings (SSSR count). The number of ether oxygens (including phenoxy) is 2. The number of hydrogen-bond acceptors (Lipinski definition) is 6. The van der Waals surface area contributed by atoms with Crippen LogP contribution in [0.4, 0.5) is 5.69 Å². The van der Waals surface area contributed by atoms with Crippen LogP contribution < -0.4 is 9.47 Å². The number of amides is 1. The molecule has 9 heteroatoms. The lowest BCUT2D eigenvalue weighted by atomic mass is 10.2. The van der Waals surface area contributed by atoms with Crippen LogP contribution in [-0.4, -0.2) is 51.3 Å². The molecule has 1 aromatic heterocycles. The van der Waals surface area contributed by atoms with Crippen LogP contribution in [0.1, 0.15) is 17.3 Å². The Labute approximate surface area is 172 Å². The van der Waals surface area contributed by atoms with Gasteiger partial charge in [-0.2, -0.15) is 5.10 Å². The molecule has 2 aromatic carbocycles. The van der Waals surface area contributed by atoms with E-state index in [0.717, 1.165) is 0 Å². The standard InChI is InChI=1S/C21H20N4O5/c1-2-23(13-18-14-29-19-5-3-4-6-20(19)30-18)21(26)15-11-22-24(12-15)16-7-9-17(10-8-16)25(27)28/h3-12,18H,2,13-14H2,1H3. The van der Waals surface area contributed by atoms with Crippen LogP contribution in [0.25, 0.3) is 5.69 Å². The molecular weight excluding hydrogens is 388 g/mol. The monoisotopic (exact) mass is 408 g/mol. The van der Waals surface area contributed by atoms with E-state index < -0.39 is 4.92 Å². The maximum absolute atomic E-state index is 13.0. The number of nitro groups is 1. The van der Waals surface area contributed by atoms with Crippen LogP contribution >= 0.6 is 0 Å². The number of carbonyl (C=O) groups is 1. The third-order valence-corrected chi connectivity index (χ3v) is 4.82. The Morgan fingerprint density at radius 3 is 2.67 bits per heavy atom. The molecular formula is C21H20N4O5. The minimum absolute atomic E-state index is 0.00404. The smallest absolute Gasteiger partial charge is 0.269 e. The summed E-state index contributed by atoms with van der Waals surface area (Å²) in [4.78, 5) is 25.0. The summed E-state index contributed by atoms with van der Waals surface area (Å²) >= 11 is 0. The fraction of sp³-hybridized carbons (Fsp3) is 0.238. The molecule has 9 nitrogen and oxygen atoms in total. The van der Waals surface area contributed by atoms with E-state index in [1.807, 2.05) is 31.2 Å². The first-order valence-electron chi connectivity index (χ1n) is 9.52. The number of aromatic nitrogens is 2. The van der Waals surface area contributed by atoms with E-state index in [1.54, 1.807) is 23.2 Å². The highest BCUT2D eigenvalue weighted by Gasteiger charge is 2.26. The molecule has 0 fully saturated rings. The highest BCUT2D eigenvalue weighted by molar-refractivity contribution is 5.93. The SMILES string of the molecule is CCN(CC1COc2ccccc2O1)C(=O)c1cnn(-c2ccc([N+](=O)[O-])cc2)c1. The normalized spacial score (nSPS) is 14.9. The average Bonchev–Trinajstić information content (AvgIpc) is 3.27. The van der Waals surface area contributed by atoms with E-state index >= 15 is 0 Å². The van der Waals surface area contributed by atoms with Crippen molar-refractivity contribution < 1.29 is 19.2 Å². The maximum atomic E-state index is 13.0. The van der Waals surface area contributed by atoms with Crippen molar-refractivity contribution in [2.24, 2.45) is 0 Å². The topological polar surface area (TPSA) is 99.7 Å². The van der Waals surface area contributed by atoms with E-state index in [-0.39, 0.29) is 17.7 Å². The van der Waals surface area contributed by atoms with Gasteiger partial charge in [-0.1, -0.05) is 12.1 Å². The number of nitrogens with zero attached hydrogens (tertiary/aromatic N) is 4. The van der Waals surface area contributed by atoms with Crippen LogP contribution in [0, 0.1) is 10.1 Å². The molecule has 0 bridgehead atoms. The van der Waals surface area contributed by atoms with Crippen LogP contribution in [-0.2, 0) is 0 Å². The van der Waals surface area contributed by atoms with Crippen LogP contribution in [0.3, 0.4) is 0 Å². The number of carbonyl (C=O) groups excluding carboxylic acids is 1. The second kappa shape index (κ2) is 8.24. The predicted molar refractivity (Wildman–Crippen MR) is 108 cm³/mol. The highest BCUT2D eigenvalue weighted by atomic mass is 16.6.